The fourth-order valence-corrected chi connectivity index (χ4v) is 7.16. The van der Waals surface area contributed by atoms with E-state index in [2.05, 4.69) is 19.8 Å². The number of carboxylic acid groups (broad SMARTS) is 1. The quantitative estimate of drug-likeness (QED) is 0.213. The van der Waals surface area contributed by atoms with Crippen LogP contribution in [0.1, 0.15) is 66.3 Å². The van der Waals surface area contributed by atoms with Gasteiger partial charge in [-0.2, -0.15) is 0 Å². The summed E-state index contributed by atoms with van der Waals surface area (Å²) in [6.07, 6.45) is 2.19. The lowest BCUT2D eigenvalue weighted by Crippen LogP contribution is -2.45. The Hall–Kier alpha value is -3.97. The van der Waals surface area contributed by atoms with Crippen LogP contribution in [-0.4, -0.2) is 50.8 Å². The van der Waals surface area contributed by atoms with Crippen LogP contribution in [0.15, 0.2) is 52.5 Å². The Morgan fingerprint density at radius 2 is 1.86 bits per heavy atom. The van der Waals surface area contributed by atoms with Gasteiger partial charge in [-0.3, -0.25) is 0 Å². The number of alkyl halides is 3. The Balaban J connectivity index is 1.06. The number of thiazole rings is 1. The second-order valence-electron chi connectivity index (χ2n) is 11.1. The zero-order valence-electron chi connectivity index (χ0n) is 22.8. The van der Waals surface area contributed by atoms with Gasteiger partial charge in [0.25, 0.3) is 0 Å². The van der Waals surface area contributed by atoms with Gasteiger partial charge in [0.1, 0.15) is 22.9 Å². The summed E-state index contributed by atoms with van der Waals surface area (Å²) in [5.41, 5.74) is 2.73. The molecule has 4 aromatic rings. The van der Waals surface area contributed by atoms with Crippen LogP contribution in [0.5, 0.6) is 5.75 Å². The van der Waals surface area contributed by atoms with Crippen LogP contribution in [0.25, 0.3) is 22.5 Å². The molecule has 13 heteroatoms. The molecule has 2 saturated heterocycles. The van der Waals surface area contributed by atoms with Crippen molar-refractivity contribution in [2.24, 2.45) is 0 Å². The van der Waals surface area contributed by atoms with Crippen molar-refractivity contribution in [3.8, 4) is 28.3 Å². The number of carbonyl (C=O) groups is 1. The normalized spacial score (nSPS) is 21.7. The van der Waals surface area contributed by atoms with Gasteiger partial charge >= 0.3 is 12.3 Å². The maximum atomic E-state index is 13.1. The number of para-hydroxylation sites is 1. The number of benzene rings is 1. The molecule has 5 heterocycles. The zero-order chi connectivity index (χ0) is 29.7. The summed E-state index contributed by atoms with van der Waals surface area (Å²) in [5.74, 6) is -0.521. The summed E-state index contributed by atoms with van der Waals surface area (Å²) in [4.78, 5) is 22.4. The van der Waals surface area contributed by atoms with Crippen molar-refractivity contribution >= 4 is 22.4 Å². The van der Waals surface area contributed by atoms with Gasteiger partial charge in [0.2, 0.25) is 0 Å². The van der Waals surface area contributed by atoms with Gasteiger partial charge in [-0.1, -0.05) is 17.3 Å². The highest BCUT2D eigenvalue weighted by Crippen LogP contribution is 2.47. The van der Waals surface area contributed by atoms with Crippen molar-refractivity contribution in [3.05, 3.63) is 65.0 Å². The average Bonchev–Trinajstić information content (AvgIpc) is 3.44. The number of pyridine rings is 1. The molecule has 0 unspecified atom stereocenters. The third kappa shape index (κ3) is 5.70. The van der Waals surface area contributed by atoms with E-state index >= 15 is 0 Å². The number of aromatic nitrogens is 3. The number of nitrogens with zero attached hydrogens (tertiary/aromatic N) is 4. The van der Waals surface area contributed by atoms with Gasteiger partial charge in [0.05, 0.1) is 18.4 Å². The number of halogens is 3. The van der Waals surface area contributed by atoms with Gasteiger partial charge in [0, 0.05) is 46.3 Å². The molecule has 0 spiro atoms. The summed E-state index contributed by atoms with van der Waals surface area (Å²) in [5, 5.41) is 16.2. The minimum Gasteiger partial charge on any atom is -0.477 e. The first kappa shape index (κ1) is 27.8. The molecule has 0 amide bonds. The van der Waals surface area contributed by atoms with E-state index in [0.29, 0.717) is 17.0 Å². The minimum absolute atomic E-state index is 0.0132. The monoisotopic (exact) mass is 612 g/mol. The lowest BCUT2D eigenvalue weighted by atomic mass is 10.00. The number of anilines is 1. The summed E-state index contributed by atoms with van der Waals surface area (Å²) < 4.78 is 55.8. The zero-order valence-corrected chi connectivity index (χ0v) is 23.6. The first-order valence-corrected chi connectivity index (χ1v) is 15.0. The Labute approximate surface area is 248 Å². The van der Waals surface area contributed by atoms with Crippen molar-refractivity contribution in [2.45, 2.75) is 75.6 Å². The first-order chi connectivity index (χ1) is 20.7. The smallest absolute Gasteiger partial charge is 0.477 e. The van der Waals surface area contributed by atoms with E-state index in [9.17, 15) is 18.0 Å². The van der Waals surface area contributed by atoms with Crippen LogP contribution >= 0.6 is 11.3 Å². The van der Waals surface area contributed by atoms with E-state index in [4.69, 9.17) is 19.4 Å². The highest BCUT2D eigenvalue weighted by molar-refractivity contribution is 7.14. The molecule has 1 N–H and O–H groups in total. The van der Waals surface area contributed by atoms with Crippen molar-refractivity contribution in [2.75, 3.05) is 4.90 Å². The molecule has 43 heavy (non-hydrogen) atoms. The number of rotatable bonds is 9. The molecular weight excluding hydrogens is 585 g/mol. The van der Waals surface area contributed by atoms with Gasteiger partial charge in [0.15, 0.2) is 5.13 Å². The second-order valence-corrected chi connectivity index (χ2v) is 12.0. The summed E-state index contributed by atoms with van der Waals surface area (Å²) in [7, 11) is 0. The highest BCUT2D eigenvalue weighted by Gasteiger charge is 2.43. The predicted octanol–water partition coefficient (Wildman–Crippen LogP) is 7.05. The van der Waals surface area contributed by atoms with Crippen molar-refractivity contribution in [1.82, 2.24) is 15.1 Å². The summed E-state index contributed by atoms with van der Waals surface area (Å²) in [6, 6.07) is 9.65. The molecule has 3 aromatic heterocycles. The summed E-state index contributed by atoms with van der Waals surface area (Å²) >= 11 is 1.56. The van der Waals surface area contributed by atoms with Crippen LogP contribution in [0, 0.1) is 0 Å². The Morgan fingerprint density at radius 3 is 2.53 bits per heavy atom. The van der Waals surface area contributed by atoms with Crippen LogP contribution in [0.4, 0.5) is 18.3 Å². The molecule has 1 aliphatic carbocycles. The molecule has 3 aliphatic rings. The second kappa shape index (κ2) is 10.9. The maximum Gasteiger partial charge on any atom is 0.573 e. The molecular formula is C30H27F3N4O5S. The third-order valence-electron chi connectivity index (χ3n) is 8.28. The Kier molecular flexibility index (Phi) is 7.08. The van der Waals surface area contributed by atoms with Crippen molar-refractivity contribution in [3.63, 3.8) is 0 Å². The molecule has 1 aromatic carbocycles. The number of carboxylic acids is 1. The fraction of sp³-hybridized carbons (Fsp3) is 0.400. The molecule has 2 bridgehead atoms. The molecule has 0 radical (unpaired) electrons. The molecule has 2 aliphatic heterocycles. The molecule has 3 atom stereocenters. The first-order valence-electron chi connectivity index (χ1n) is 14.1. The lowest BCUT2D eigenvalue weighted by molar-refractivity contribution is -0.274. The largest absolute Gasteiger partial charge is 0.573 e. The fourth-order valence-electron chi connectivity index (χ4n) is 6.18. The van der Waals surface area contributed by atoms with Gasteiger partial charge < -0.3 is 24.0 Å². The SMILES string of the molecule is O=C(O)c1ccc(-c2csc(N3[C@@H]4CC[C@H]3C[C@@H](OCc3c(-c5ccccc5OC(F)(F)F)noc3C3CC3)C4)n2)cn1. The maximum absolute atomic E-state index is 13.1. The van der Waals surface area contributed by atoms with Crippen LogP contribution < -0.4 is 9.64 Å². The number of ether oxygens (including phenoxy) is 2. The van der Waals surface area contributed by atoms with Gasteiger partial charge in [-0.25, -0.2) is 14.8 Å². The Morgan fingerprint density at radius 1 is 1.09 bits per heavy atom. The Bertz CT molecular complexity index is 1620. The van der Waals surface area contributed by atoms with E-state index < -0.39 is 12.3 Å². The third-order valence-corrected chi connectivity index (χ3v) is 9.13. The molecule has 3 fully saturated rings. The number of fused-ring (bicyclic) bond motifs is 2. The number of hydrogen-bond donors (Lipinski definition) is 1. The number of piperidine rings is 1. The van der Waals surface area contributed by atoms with Crippen LogP contribution in [-0.2, 0) is 11.3 Å². The lowest BCUT2D eigenvalue weighted by Gasteiger charge is -2.38. The average molecular weight is 613 g/mol. The standard InChI is InChI=1S/C30H27F3N4O5S/c31-30(32,33)41-25-4-2-1-3-21(25)26-22(27(42-36-26)16-5-6-16)14-40-20-11-18-8-9-19(12-20)37(18)29-35-24(15-43-29)17-7-10-23(28(38)39)34-13-17/h1-4,7,10,13,15-16,18-20H,5-6,8-9,11-12,14H2,(H,38,39)/t18-,19+,20+. The van der Waals surface area contributed by atoms with E-state index in [1.807, 2.05) is 5.38 Å². The van der Waals surface area contributed by atoms with Crippen LogP contribution in [0.3, 0.4) is 0 Å². The molecule has 224 valence electrons. The molecule has 9 nitrogen and oxygen atoms in total. The van der Waals surface area contributed by atoms with Gasteiger partial charge in [-0.15, -0.1) is 24.5 Å². The van der Waals surface area contributed by atoms with E-state index in [-0.39, 0.29) is 47.7 Å². The number of aromatic carboxylic acids is 1. The summed E-state index contributed by atoms with van der Waals surface area (Å²) in [6.45, 7) is 0.190. The van der Waals surface area contributed by atoms with Crippen molar-refractivity contribution in [1.29, 1.82) is 0 Å². The highest BCUT2D eigenvalue weighted by atomic mass is 32.1. The topological polar surface area (TPSA) is 111 Å². The van der Waals surface area contributed by atoms with Gasteiger partial charge in [-0.05, 0) is 62.8 Å². The molecule has 1 saturated carbocycles. The predicted molar refractivity (Wildman–Crippen MR) is 150 cm³/mol. The molecule has 7 rings (SSSR count). The van der Waals surface area contributed by atoms with Crippen molar-refractivity contribution < 1.29 is 37.1 Å². The van der Waals surface area contributed by atoms with Crippen LogP contribution in [0.2, 0.25) is 0 Å². The minimum atomic E-state index is -4.83. The van der Waals surface area contributed by atoms with E-state index in [1.54, 1.807) is 29.5 Å². The van der Waals surface area contributed by atoms with E-state index in [1.165, 1.54) is 24.4 Å². The number of hydrogen-bond acceptors (Lipinski definition) is 9. The van der Waals surface area contributed by atoms with E-state index in [0.717, 1.165) is 54.9 Å².